The van der Waals surface area contributed by atoms with Crippen molar-refractivity contribution in [2.75, 3.05) is 5.32 Å². The van der Waals surface area contributed by atoms with E-state index in [4.69, 9.17) is 5.11 Å². The first kappa shape index (κ1) is 17.3. The maximum Gasteiger partial charge on any atom is 0.335 e. The second-order valence-electron chi connectivity index (χ2n) is 6.05. The van der Waals surface area contributed by atoms with E-state index in [-0.39, 0.29) is 11.3 Å². The summed E-state index contributed by atoms with van der Waals surface area (Å²) in [6.07, 6.45) is 0. The number of amides is 1. The van der Waals surface area contributed by atoms with Crippen LogP contribution in [0.2, 0.25) is 0 Å². The van der Waals surface area contributed by atoms with Crippen molar-refractivity contribution in [2.24, 2.45) is 0 Å². The second-order valence-corrected chi connectivity index (χ2v) is 6.05. The van der Waals surface area contributed by atoms with E-state index in [1.54, 1.807) is 19.1 Å². The number of nitrogens with zero attached hydrogens (tertiary/aromatic N) is 3. The Kier molecular flexibility index (Phi) is 4.53. The lowest BCUT2D eigenvalue weighted by Crippen LogP contribution is -2.14. The van der Waals surface area contributed by atoms with Crippen LogP contribution in [-0.4, -0.2) is 32.0 Å². The number of anilines is 1. The highest BCUT2D eigenvalue weighted by Gasteiger charge is 2.17. The molecular weight excluding hydrogens is 332 g/mol. The minimum atomic E-state index is -1.06. The fourth-order valence-electron chi connectivity index (χ4n) is 2.65. The Hall–Kier alpha value is -3.48. The van der Waals surface area contributed by atoms with E-state index in [0.29, 0.717) is 11.4 Å². The second kappa shape index (κ2) is 6.79. The van der Waals surface area contributed by atoms with Gasteiger partial charge in [0.2, 0.25) is 0 Å². The quantitative estimate of drug-likeness (QED) is 0.753. The van der Waals surface area contributed by atoms with Crippen LogP contribution in [0.25, 0.3) is 5.69 Å². The predicted molar refractivity (Wildman–Crippen MR) is 96.9 cm³/mol. The molecule has 7 nitrogen and oxygen atoms in total. The van der Waals surface area contributed by atoms with Gasteiger partial charge in [0.1, 0.15) is 0 Å². The van der Waals surface area contributed by atoms with E-state index in [0.717, 1.165) is 16.8 Å². The molecule has 0 radical (unpaired) electrons. The summed E-state index contributed by atoms with van der Waals surface area (Å²) in [6.45, 7) is 5.66. The molecule has 0 atom stereocenters. The SMILES string of the molecule is Cc1ccc(-n2nc(C)c(C(=O)Nc3cccc(C(=O)O)c3)n2)c(C)c1. The third kappa shape index (κ3) is 3.46. The molecule has 3 aromatic rings. The fraction of sp³-hybridized carbons (Fsp3) is 0.158. The van der Waals surface area contributed by atoms with Gasteiger partial charge in [-0.3, -0.25) is 4.79 Å². The topological polar surface area (TPSA) is 97.1 Å². The first-order valence-electron chi connectivity index (χ1n) is 8.01. The number of carbonyl (C=O) groups excluding carboxylic acids is 1. The third-order valence-electron chi connectivity index (χ3n) is 3.93. The van der Waals surface area contributed by atoms with Gasteiger partial charge in [0.05, 0.1) is 16.9 Å². The van der Waals surface area contributed by atoms with Gasteiger partial charge in [-0.2, -0.15) is 9.90 Å². The number of aromatic carboxylic acids is 1. The lowest BCUT2D eigenvalue weighted by Gasteiger charge is -2.05. The van der Waals surface area contributed by atoms with Crippen molar-refractivity contribution in [1.82, 2.24) is 15.0 Å². The number of nitrogens with one attached hydrogen (secondary N) is 1. The van der Waals surface area contributed by atoms with E-state index in [2.05, 4.69) is 15.5 Å². The van der Waals surface area contributed by atoms with Gasteiger partial charge in [-0.05, 0) is 50.6 Å². The van der Waals surface area contributed by atoms with Gasteiger partial charge < -0.3 is 10.4 Å². The van der Waals surface area contributed by atoms with Gasteiger partial charge in [0, 0.05) is 5.69 Å². The zero-order chi connectivity index (χ0) is 18.8. The molecule has 2 N–H and O–H groups in total. The molecule has 0 aliphatic heterocycles. The molecule has 0 bridgehead atoms. The number of aromatic nitrogens is 3. The normalized spacial score (nSPS) is 10.6. The van der Waals surface area contributed by atoms with Crippen LogP contribution in [0.4, 0.5) is 5.69 Å². The molecule has 0 saturated carbocycles. The molecule has 1 heterocycles. The fourth-order valence-corrected chi connectivity index (χ4v) is 2.65. The number of hydrogen-bond donors (Lipinski definition) is 2. The number of carboxylic acids is 1. The Morgan fingerprint density at radius 3 is 2.50 bits per heavy atom. The molecule has 7 heteroatoms. The number of aryl methyl sites for hydroxylation is 3. The summed E-state index contributed by atoms with van der Waals surface area (Å²) in [5.41, 5.74) is 4.08. The van der Waals surface area contributed by atoms with E-state index in [9.17, 15) is 9.59 Å². The summed E-state index contributed by atoms with van der Waals surface area (Å²) in [7, 11) is 0. The van der Waals surface area contributed by atoms with Crippen LogP contribution in [0.5, 0.6) is 0 Å². The van der Waals surface area contributed by atoms with Crippen LogP contribution in [0.3, 0.4) is 0 Å². The van der Waals surface area contributed by atoms with E-state index < -0.39 is 11.9 Å². The maximum atomic E-state index is 12.5. The molecule has 0 aliphatic rings. The van der Waals surface area contributed by atoms with Crippen LogP contribution in [-0.2, 0) is 0 Å². The first-order chi connectivity index (χ1) is 12.3. The molecule has 3 rings (SSSR count). The van der Waals surface area contributed by atoms with Crippen LogP contribution in [0.15, 0.2) is 42.5 Å². The van der Waals surface area contributed by atoms with Gasteiger partial charge in [-0.15, -0.1) is 5.10 Å². The van der Waals surface area contributed by atoms with Crippen molar-refractivity contribution in [3.63, 3.8) is 0 Å². The molecule has 0 fully saturated rings. The minimum absolute atomic E-state index is 0.0958. The number of carboxylic acid groups (broad SMARTS) is 1. The summed E-state index contributed by atoms with van der Waals surface area (Å²) in [6, 6.07) is 11.9. The molecule has 0 spiro atoms. The average molecular weight is 350 g/mol. The van der Waals surface area contributed by atoms with Crippen LogP contribution in [0, 0.1) is 20.8 Å². The molecule has 26 heavy (non-hydrogen) atoms. The number of hydrogen-bond acceptors (Lipinski definition) is 4. The zero-order valence-corrected chi connectivity index (χ0v) is 14.6. The van der Waals surface area contributed by atoms with Gasteiger partial charge in [-0.25, -0.2) is 4.79 Å². The monoisotopic (exact) mass is 350 g/mol. The lowest BCUT2D eigenvalue weighted by atomic mass is 10.1. The standard InChI is InChI=1S/C19H18N4O3/c1-11-7-8-16(12(2)9-11)23-21-13(3)17(22-23)18(24)20-15-6-4-5-14(10-15)19(25)26/h4-10H,1-3H3,(H,20,24)(H,25,26). The van der Waals surface area contributed by atoms with Gasteiger partial charge >= 0.3 is 5.97 Å². The van der Waals surface area contributed by atoms with E-state index in [1.807, 2.05) is 32.0 Å². The lowest BCUT2D eigenvalue weighted by molar-refractivity contribution is 0.0696. The Morgan fingerprint density at radius 2 is 1.81 bits per heavy atom. The van der Waals surface area contributed by atoms with Crippen molar-refractivity contribution in [3.05, 3.63) is 70.5 Å². The predicted octanol–water partition coefficient (Wildman–Crippen LogP) is 3.14. The molecule has 0 aliphatic carbocycles. The van der Waals surface area contributed by atoms with Crippen molar-refractivity contribution in [2.45, 2.75) is 20.8 Å². The highest BCUT2D eigenvalue weighted by Crippen LogP contribution is 2.17. The van der Waals surface area contributed by atoms with Crippen LogP contribution in [0.1, 0.15) is 37.7 Å². The molecule has 0 unspecified atom stereocenters. The van der Waals surface area contributed by atoms with Crippen molar-refractivity contribution >= 4 is 17.6 Å². The van der Waals surface area contributed by atoms with Crippen molar-refractivity contribution in [1.29, 1.82) is 0 Å². The maximum absolute atomic E-state index is 12.5. The number of carbonyl (C=O) groups is 2. The summed E-state index contributed by atoms with van der Waals surface area (Å²) in [4.78, 5) is 25.0. The van der Waals surface area contributed by atoms with Gasteiger partial charge in [-0.1, -0.05) is 23.8 Å². The molecule has 2 aromatic carbocycles. The van der Waals surface area contributed by atoms with E-state index in [1.165, 1.54) is 16.9 Å². The molecular formula is C19H18N4O3. The Bertz CT molecular complexity index is 1010. The largest absolute Gasteiger partial charge is 0.478 e. The third-order valence-corrected chi connectivity index (χ3v) is 3.93. The average Bonchev–Trinajstić information content (AvgIpc) is 2.96. The Morgan fingerprint density at radius 1 is 1.04 bits per heavy atom. The van der Waals surface area contributed by atoms with Gasteiger partial charge in [0.15, 0.2) is 5.69 Å². The number of rotatable bonds is 4. The Labute approximate surface area is 150 Å². The minimum Gasteiger partial charge on any atom is -0.478 e. The van der Waals surface area contributed by atoms with Crippen molar-refractivity contribution < 1.29 is 14.7 Å². The van der Waals surface area contributed by atoms with Crippen molar-refractivity contribution in [3.8, 4) is 5.69 Å². The van der Waals surface area contributed by atoms with Crippen LogP contribution >= 0.6 is 0 Å². The smallest absolute Gasteiger partial charge is 0.335 e. The summed E-state index contributed by atoms with van der Waals surface area (Å²) < 4.78 is 0. The summed E-state index contributed by atoms with van der Waals surface area (Å²) >= 11 is 0. The highest BCUT2D eigenvalue weighted by molar-refractivity contribution is 6.04. The first-order valence-corrected chi connectivity index (χ1v) is 8.01. The number of benzene rings is 2. The van der Waals surface area contributed by atoms with Crippen LogP contribution < -0.4 is 5.32 Å². The molecule has 0 saturated heterocycles. The Balaban J connectivity index is 1.88. The van der Waals surface area contributed by atoms with E-state index >= 15 is 0 Å². The molecule has 1 amide bonds. The van der Waals surface area contributed by atoms with Gasteiger partial charge in [0.25, 0.3) is 5.91 Å². The summed E-state index contributed by atoms with van der Waals surface area (Å²) in [5.74, 6) is -1.50. The summed E-state index contributed by atoms with van der Waals surface area (Å²) in [5, 5.41) is 20.3. The molecule has 1 aromatic heterocycles. The molecule has 132 valence electrons. The zero-order valence-electron chi connectivity index (χ0n) is 14.6. The highest BCUT2D eigenvalue weighted by atomic mass is 16.4.